The van der Waals surface area contributed by atoms with E-state index in [9.17, 15) is 24.3 Å². The number of hydrogen-bond acceptors (Lipinski definition) is 6. The minimum atomic E-state index is -1.25. The van der Waals surface area contributed by atoms with E-state index < -0.39 is 24.1 Å². The van der Waals surface area contributed by atoms with Crippen LogP contribution in [-0.2, 0) is 16.1 Å². The number of amides is 4. The molecule has 2 aromatic rings. The summed E-state index contributed by atoms with van der Waals surface area (Å²) in [6, 6.07) is 7.09. The highest BCUT2D eigenvalue weighted by atomic mass is 16.4. The molecule has 1 aliphatic heterocycles. The summed E-state index contributed by atoms with van der Waals surface area (Å²) in [7, 11) is 1.99. The number of piperazine rings is 1. The normalized spacial score (nSPS) is 18.5. The number of nitrogens with zero attached hydrogens (tertiary/aromatic N) is 4. The third kappa shape index (κ3) is 7.67. The maximum Gasteiger partial charge on any atom is 0.405 e. The Kier molecular flexibility index (Phi) is 10.6. The van der Waals surface area contributed by atoms with Gasteiger partial charge in [-0.2, -0.15) is 5.10 Å². The molecule has 4 amide bonds. The van der Waals surface area contributed by atoms with Gasteiger partial charge in [0.2, 0.25) is 11.8 Å². The number of carbonyl (C=O) groups is 4. The van der Waals surface area contributed by atoms with Crippen molar-refractivity contribution in [1.82, 2.24) is 30.2 Å². The van der Waals surface area contributed by atoms with Gasteiger partial charge in [0.1, 0.15) is 17.8 Å². The number of carbonyl (C=O) groups excluding carboxylic acids is 3. The number of aromatic nitrogens is 2. The van der Waals surface area contributed by atoms with Crippen LogP contribution in [0.2, 0.25) is 0 Å². The maximum atomic E-state index is 13.5. The van der Waals surface area contributed by atoms with E-state index in [-0.39, 0.29) is 23.6 Å². The number of benzene rings is 1. The second kappa shape index (κ2) is 14.3. The van der Waals surface area contributed by atoms with Crippen LogP contribution in [0.1, 0.15) is 67.9 Å². The summed E-state index contributed by atoms with van der Waals surface area (Å²) < 4.78 is 1.60. The van der Waals surface area contributed by atoms with Gasteiger partial charge in [-0.25, -0.2) is 4.79 Å². The molecule has 1 aliphatic carbocycles. The van der Waals surface area contributed by atoms with Crippen LogP contribution in [0.4, 0.5) is 10.5 Å². The lowest BCUT2D eigenvalue weighted by molar-refractivity contribution is -0.135. The topological polar surface area (TPSA) is 149 Å². The summed E-state index contributed by atoms with van der Waals surface area (Å²) in [5.74, 6) is -1.26. The van der Waals surface area contributed by atoms with E-state index >= 15 is 0 Å². The van der Waals surface area contributed by atoms with Gasteiger partial charge in [0.15, 0.2) is 0 Å². The minimum Gasteiger partial charge on any atom is -0.465 e. The van der Waals surface area contributed by atoms with Gasteiger partial charge < -0.3 is 30.9 Å². The van der Waals surface area contributed by atoms with Crippen molar-refractivity contribution in [2.24, 2.45) is 5.92 Å². The van der Waals surface area contributed by atoms with Crippen molar-refractivity contribution in [3.8, 4) is 0 Å². The van der Waals surface area contributed by atoms with Gasteiger partial charge in [-0.1, -0.05) is 38.3 Å². The predicted molar refractivity (Wildman–Crippen MR) is 158 cm³/mol. The van der Waals surface area contributed by atoms with Crippen molar-refractivity contribution in [3.05, 3.63) is 47.8 Å². The molecule has 4 rings (SSSR count). The van der Waals surface area contributed by atoms with Gasteiger partial charge in [0.25, 0.3) is 5.91 Å². The molecule has 2 fully saturated rings. The maximum absolute atomic E-state index is 13.5. The molecule has 0 radical (unpaired) electrons. The summed E-state index contributed by atoms with van der Waals surface area (Å²) in [6.07, 6.45) is 5.20. The Hall–Kier alpha value is -3.93. The molecule has 12 nitrogen and oxygen atoms in total. The molecule has 228 valence electrons. The van der Waals surface area contributed by atoms with E-state index in [1.54, 1.807) is 46.1 Å². The van der Waals surface area contributed by atoms with Crippen LogP contribution in [0.3, 0.4) is 0 Å². The highest BCUT2D eigenvalue weighted by Crippen LogP contribution is 2.28. The highest BCUT2D eigenvalue weighted by Gasteiger charge is 2.34. The Bertz CT molecular complexity index is 1230. The second-order valence-electron chi connectivity index (χ2n) is 11.3. The molecule has 3 atom stereocenters. The average Bonchev–Trinajstić information content (AvgIpc) is 3.48. The Morgan fingerprint density at radius 2 is 1.64 bits per heavy atom. The SMILES string of the molecule is CCn1nccc1C(=O)N[C@H](C(=O)Nc1ccc([C@H](C)[C@@H](NC(=O)O)C(=O)N2CCN(C)CC2)cc1)C1CCCCC1. The van der Waals surface area contributed by atoms with Gasteiger partial charge >= 0.3 is 6.09 Å². The summed E-state index contributed by atoms with van der Waals surface area (Å²) in [5.41, 5.74) is 1.73. The Labute approximate surface area is 246 Å². The van der Waals surface area contributed by atoms with E-state index in [0.717, 1.165) is 50.8 Å². The van der Waals surface area contributed by atoms with Crippen LogP contribution in [0, 0.1) is 5.92 Å². The number of rotatable bonds is 10. The highest BCUT2D eigenvalue weighted by molar-refractivity contribution is 6.00. The van der Waals surface area contributed by atoms with Crippen LogP contribution in [0.15, 0.2) is 36.5 Å². The van der Waals surface area contributed by atoms with Gasteiger partial charge in [-0.05, 0) is 56.5 Å². The third-order valence-corrected chi connectivity index (χ3v) is 8.50. The Balaban J connectivity index is 1.46. The molecular formula is C30H43N7O5. The van der Waals surface area contributed by atoms with Crippen LogP contribution in [0.5, 0.6) is 0 Å². The first-order valence-electron chi connectivity index (χ1n) is 14.9. The predicted octanol–water partition coefficient (Wildman–Crippen LogP) is 2.73. The van der Waals surface area contributed by atoms with Crippen LogP contribution in [0.25, 0.3) is 0 Å². The van der Waals surface area contributed by atoms with Crippen molar-refractivity contribution in [3.63, 3.8) is 0 Å². The summed E-state index contributed by atoms with van der Waals surface area (Å²) in [6.45, 7) is 6.83. The first-order valence-corrected chi connectivity index (χ1v) is 14.9. The first kappa shape index (κ1) is 31.0. The van der Waals surface area contributed by atoms with Gasteiger partial charge in [0, 0.05) is 50.5 Å². The molecule has 0 spiro atoms. The zero-order valence-corrected chi connectivity index (χ0v) is 24.7. The average molecular weight is 582 g/mol. The fraction of sp³-hybridized carbons (Fsp3) is 0.567. The minimum absolute atomic E-state index is 0.0310. The van der Waals surface area contributed by atoms with E-state index in [2.05, 4.69) is 25.9 Å². The number of aryl methyl sites for hydroxylation is 1. The third-order valence-electron chi connectivity index (χ3n) is 8.50. The van der Waals surface area contributed by atoms with Gasteiger partial charge in [0.05, 0.1) is 0 Å². The number of likely N-dealkylation sites (N-methyl/N-ethyl adjacent to an activating group) is 1. The fourth-order valence-corrected chi connectivity index (χ4v) is 5.90. The first-order chi connectivity index (χ1) is 20.2. The number of hydrogen-bond donors (Lipinski definition) is 4. The van der Waals surface area contributed by atoms with Crippen LogP contribution < -0.4 is 16.0 Å². The van der Waals surface area contributed by atoms with E-state index in [4.69, 9.17) is 0 Å². The lowest BCUT2D eigenvalue weighted by atomic mass is 9.83. The molecule has 4 N–H and O–H groups in total. The summed E-state index contributed by atoms with van der Waals surface area (Å²) in [4.78, 5) is 55.3. The van der Waals surface area contributed by atoms with Crippen LogP contribution >= 0.6 is 0 Å². The molecule has 2 aliphatic rings. The molecular weight excluding hydrogens is 538 g/mol. The molecule has 0 bridgehead atoms. The molecule has 0 unspecified atom stereocenters. The zero-order chi connectivity index (χ0) is 30.2. The fourth-order valence-electron chi connectivity index (χ4n) is 5.90. The molecule has 2 heterocycles. The summed E-state index contributed by atoms with van der Waals surface area (Å²) >= 11 is 0. The summed E-state index contributed by atoms with van der Waals surface area (Å²) in [5, 5.41) is 22.0. The lowest BCUT2D eigenvalue weighted by Gasteiger charge is -2.36. The molecule has 42 heavy (non-hydrogen) atoms. The van der Waals surface area contributed by atoms with Gasteiger partial charge in [-0.3, -0.25) is 19.1 Å². The molecule has 1 aromatic carbocycles. The monoisotopic (exact) mass is 581 g/mol. The molecule has 1 saturated heterocycles. The second-order valence-corrected chi connectivity index (χ2v) is 11.3. The molecule has 1 aromatic heterocycles. The van der Waals surface area contributed by atoms with Gasteiger partial charge in [-0.15, -0.1) is 0 Å². The Morgan fingerprint density at radius 3 is 2.26 bits per heavy atom. The van der Waals surface area contributed by atoms with Crippen molar-refractivity contribution in [2.75, 3.05) is 38.5 Å². The number of nitrogens with one attached hydrogen (secondary N) is 3. The van der Waals surface area contributed by atoms with Crippen molar-refractivity contribution < 1.29 is 24.3 Å². The van der Waals surface area contributed by atoms with E-state index in [1.165, 1.54) is 0 Å². The Morgan fingerprint density at radius 1 is 0.976 bits per heavy atom. The number of anilines is 1. The smallest absolute Gasteiger partial charge is 0.405 e. The largest absolute Gasteiger partial charge is 0.465 e. The van der Waals surface area contributed by atoms with E-state index in [1.807, 2.05) is 20.9 Å². The zero-order valence-electron chi connectivity index (χ0n) is 24.7. The standard InChI is InChI=1S/C30H43N7O5/c1-4-37-24(14-15-31-37)27(38)33-26(22-8-6-5-7-9-22)28(39)32-23-12-10-21(11-13-23)20(2)25(34-30(41)42)29(40)36-18-16-35(3)17-19-36/h10-15,20,22,25-26,34H,4-9,16-19H2,1-3H3,(H,32,39)(H,33,38)(H,41,42)/t20-,25+,26-/m0/s1. The molecule has 12 heteroatoms. The van der Waals surface area contributed by atoms with Crippen molar-refractivity contribution in [2.45, 2.75) is 70.5 Å². The van der Waals surface area contributed by atoms with Crippen molar-refractivity contribution in [1.29, 1.82) is 0 Å². The van der Waals surface area contributed by atoms with E-state index in [0.29, 0.717) is 31.0 Å². The quantitative estimate of drug-likeness (QED) is 0.337. The molecule has 1 saturated carbocycles. The van der Waals surface area contributed by atoms with Crippen molar-refractivity contribution >= 4 is 29.5 Å². The van der Waals surface area contributed by atoms with Crippen LogP contribution in [-0.4, -0.2) is 93.8 Å². The lowest BCUT2D eigenvalue weighted by Crippen LogP contribution is -2.55. The number of carboxylic acid groups (broad SMARTS) is 1.